The van der Waals surface area contributed by atoms with E-state index in [2.05, 4.69) is 76.5 Å². The summed E-state index contributed by atoms with van der Waals surface area (Å²) in [6.45, 7) is 5.49. The van der Waals surface area contributed by atoms with Gasteiger partial charge in [-0.25, -0.2) is 0 Å². The minimum Gasteiger partial charge on any atom is -0.508 e. The predicted molar refractivity (Wildman–Crippen MR) is 140 cm³/mol. The molecule has 1 unspecified atom stereocenters. The molecule has 1 aliphatic heterocycles. The van der Waals surface area contributed by atoms with E-state index in [0.29, 0.717) is 11.8 Å². The molecule has 1 heterocycles. The van der Waals surface area contributed by atoms with Crippen molar-refractivity contribution in [1.29, 1.82) is 0 Å². The second-order valence-corrected chi connectivity index (χ2v) is 7.91. The van der Waals surface area contributed by atoms with Gasteiger partial charge >= 0.3 is 0 Å². The fourth-order valence-corrected chi connectivity index (χ4v) is 4.27. The topological polar surface area (TPSA) is 26.7 Å². The van der Waals surface area contributed by atoms with E-state index in [-0.39, 0.29) is 34.0 Å². The Bertz CT molecular complexity index is 884. The van der Waals surface area contributed by atoms with Crippen molar-refractivity contribution in [3.8, 4) is 5.75 Å². The van der Waals surface area contributed by atoms with Crippen LogP contribution in [0.15, 0.2) is 84.9 Å². The molecule has 3 aromatic carbocycles. The van der Waals surface area contributed by atoms with Crippen molar-refractivity contribution in [1.82, 2.24) is 9.80 Å². The van der Waals surface area contributed by atoms with Crippen molar-refractivity contribution in [3.05, 3.63) is 102 Å². The van der Waals surface area contributed by atoms with Gasteiger partial charge in [0.05, 0.1) is 0 Å². The zero-order valence-corrected chi connectivity index (χ0v) is 21.2. The summed E-state index contributed by atoms with van der Waals surface area (Å²) in [6.07, 6.45) is 2.04. The summed E-state index contributed by atoms with van der Waals surface area (Å²) >= 11 is 0. The number of piperazine rings is 1. The molecule has 0 spiro atoms. The highest BCUT2D eigenvalue weighted by atomic mass is 79.9. The first-order chi connectivity index (χ1) is 14.3. The molecular weight excluding hydrogens is 516 g/mol. The lowest BCUT2D eigenvalue weighted by Crippen LogP contribution is -2.48. The number of benzene rings is 3. The lowest BCUT2D eigenvalue weighted by molar-refractivity contribution is 0.0961. The second kappa shape index (κ2) is 13.0. The van der Waals surface area contributed by atoms with Crippen LogP contribution in [0.3, 0.4) is 0 Å². The van der Waals surface area contributed by atoms with Crippen molar-refractivity contribution in [2.75, 3.05) is 32.7 Å². The molecule has 1 fully saturated rings. The Morgan fingerprint density at radius 1 is 0.710 bits per heavy atom. The van der Waals surface area contributed by atoms with Crippen LogP contribution in [0.1, 0.15) is 22.7 Å². The third-order valence-corrected chi connectivity index (χ3v) is 5.93. The number of aromatic hydroxyl groups is 1. The zero-order chi connectivity index (χ0) is 19.9. The summed E-state index contributed by atoms with van der Waals surface area (Å²) in [6, 6.07) is 29.6. The maximum atomic E-state index is 9.87. The lowest BCUT2D eigenvalue weighted by Gasteiger charge is -2.39. The highest BCUT2D eigenvalue weighted by Crippen LogP contribution is 2.27. The SMILES string of the molecule is Br.Br.Oc1cccc(CC(c2ccccc2)N2CCN(CCc3ccccc3)CC2)c1. The quantitative estimate of drug-likeness (QED) is 0.411. The van der Waals surface area contributed by atoms with Crippen LogP contribution in [-0.2, 0) is 12.8 Å². The van der Waals surface area contributed by atoms with Gasteiger partial charge in [0.2, 0.25) is 0 Å². The van der Waals surface area contributed by atoms with Crippen molar-refractivity contribution in [2.24, 2.45) is 0 Å². The minimum atomic E-state index is 0. The summed E-state index contributed by atoms with van der Waals surface area (Å²) in [4.78, 5) is 5.19. The van der Waals surface area contributed by atoms with Crippen LogP contribution in [-0.4, -0.2) is 47.6 Å². The molecule has 0 radical (unpaired) electrons. The third kappa shape index (κ3) is 7.46. The molecule has 166 valence electrons. The molecule has 0 amide bonds. The summed E-state index contributed by atoms with van der Waals surface area (Å²) in [5.74, 6) is 0.347. The largest absolute Gasteiger partial charge is 0.508 e. The summed E-state index contributed by atoms with van der Waals surface area (Å²) in [7, 11) is 0. The molecule has 31 heavy (non-hydrogen) atoms. The molecule has 5 heteroatoms. The monoisotopic (exact) mass is 546 g/mol. The molecule has 0 aliphatic carbocycles. The lowest BCUT2D eigenvalue weighted by atomic mass is 9.96. The van der Waals surface area contributed by atoms with E-state index in [1.54, 1.807) is 6.07 Å². The van der Waals surface area contributed by atoms with Crippen molar-refractivity contribution in [3.63, 3.8) is 0 Å². The summed E-state index contributed by atoms with van der Waals surface area (Å²) in [5, 5.41) is 9.87. The summed E-state index contributed by atoms with van der Waals surface area (Å²) in [5.41, 5.74) is 3.96. The Hall–Kier alpha value is -1.66. The zero-order valence-electron chi connectivity index (χ0n) is 17.8. The highest BCUT2D eigenvalue weighted by Gasteiger charge is 2.25. The molecule has 4 rings (SSSR count). The van der Waals surface area contributed by atoms with E-state index in [9.17, 15) is 5.11 Å². The molecule has 0 bridgehead atoms. The first-order valence-corrected chi connectivity index (χ1v) is 10.6. The smallest absolute Gasteiger partial charge is 0.115 e. The van der Waals surface area contributed by atoms with Crippen molar-refractivity contribution in [2.45, 2.75) is 18.9 Å². The molecule has 3 nitrogen and oxygen atoms in total. The number of hydrogen-bond donors (Lipinski definition) is 1. The van der Waals surface area contributed by atoms with Gasteiger partial charge in [0, 0.05) is 38.8 Å². The number of phenolic OH excluding ortho intramolecular Hbond substituents is 1. The van der Waals surface area contributed by atoms with Crippen LogP contribution in [0.5, 0.6) is 5.75 Å². The van der Waals surface area contributed by atoms with Gasteiger partial charge in [-0.2, -0.15) is 0 Å². The van der Waals surface area contributed by atoms with E-state index in [1.807, 2.05) is 12.1 Å². The van der Waals surface area contributed by atoms with Crippen molar-refractivity contribution < 1.29 is 5.11 Å². The van der Waals surface area contributed by atoms with Crippen LogP contribution < -0.4 is 0 Å². The Labute approximate surface area is 207 Å². The van der Waals surface area contributed by atoms with Gasteiger partial charge in [-0.1, -0.05) is 72.8 Å². The van der Waals surface area contributed by atoms with E-state index >= 15 is 0 Å². The third-order valence-electron chi connectivity index (χ3n) is 5.93. The predicted octanol–water partition coefficient (Wildman–Crippen LogP) is 5.69. The van der Waals surface area contributed by atoms with Gasteiger partial charge < -0.3 is 10.0 Å². The van der Waals surface area contributed by atoms with Gasteiger partial charge in [-0.05, 0) is 41.7 Å². The molecule has 0 aromatic heterocycles. The summed E-state index contributed by atoms with van der Waals surface area (Å²) < 4.78 is 0. The van der Waals surface area contributed by atoms with Crippen LogP contribution in [0.4, 0.5) is 0 Å². The fourth-order valence-electron chi connectivity index (χ4n) is 4.27. The number of nitrogens with zero attached hydrogens (tertiary/aromatic N) is 2. The fraction of sp³-hybridized carbons (Fsp3) is 0.308. The van der Waals surface area contributed by atoms with Crippen LogP contribution in [0, 0.1) is 0 Å². The maximum absolute atomic E-state index is 9.87. The second-order valence-electron chi connectivity index (χ2n) is 7.91. The Balaban J connectivity index is 0.00000171. The average molecular weight is 548 g/mol. The maximum Gasteiger partial charge on any atom is 0.115 e. The van der Waals surface area contributed by atoms with E-state index in [4.69, 9.17) is 0 Å². The highest BCUT2D eigenvalue weighted by molar-refractivity contribution is 8.93. The number of phenols is 1. The molecule has 1 N–H and O–H groups in total. The van der Waals surface area contributed by atoms with Gasteiger partial charge in [-0.15, -0.1) is 34.0 Å². The molecule has 3 aromatic rings. The molecule has 1 saturated heterocycles. The molecule has 1 aliphatic rings. The van der Waals surface area contributed by atoms with E-state index < -0.39 is 0 Å². The van der Waals surface area contributed by atoms with Crippen LogP contribution >= 0.6 is 34.0 Å². The van der Waals surface area contributed by atoms with Crippen LogP contribution in [0.2, 0.25) is 0 Å². The molecule has 1 atom stereocenters. The Kier molecular flexibility index (Phi) is 10.7. The van der Waals surface area contributed by atoms with E-state index in [0.717, 1.165) is 45.6 Å². The van der Waals surface area contributed by atoms with Gasteiger partial charge in [-0.3, -0.25) is 4.90 Å². The Morgan fingerprint density at radius 2 is 1.32 bits per heavy atom. The molecule has 0 saturated carbocycles. The van der Waals surface area contributed by atoms with Gasteiger partial charge in [0.15, 0.2) is 0 Å². The van der Waals surface area contributed by atoms with Gasteiger partial charge in [0.25, 0.3) is 0 Å². The minimum absolute atomic E-state index is 0. The molecular formula is C26H32Br2N2O. The number of rotatable bonds is 7. The van der Waals surface area contributed by atoms with Crippen LogP contribution in [0.25, 0.3) is 0 Å². The first kappa shape index (κ1) is 25.6. The number of hydrogen-bond acceptors (Lipinski definition) is 3. The average Bonchev–Trinajstić information content (AvgIpc) is 2.78. The van der Waals surface area contributed by atoms with Gasteiger partial charge in [0.1, 0.15) is 5.75 Å². The standard InChI is InChI=1S/C26H30N2O.2BrH/c29-25-13-7-10-23(20-25)21-26(24-11-5-2-6-12-24)28-18-16-27(17-19-28)15-14-22-8-3-1-4-9-22;;/h1-13,20,26,29H,14-19,21H2;2*1H. The normalized spacial score (nSPS) is 15.5. The number of halogens is 2. The van der Waals surface area contributed by atoms with E-state index in [1.165, 1.54) is 16.7 Å². The van der Waals surface area contributed by atoms with Crippen molar-refractivity contribution >= 4 is 34.0 Å². The Morgan fingerprint density at radius 3 is 1.97 bits per heavy atom. The first-order valence-electron chi connectivity index (χ1n) is 10.6.